The van der Waals surface area contributed by atoms with E-state index < -0.39 is 72.8 Å². The molecule has 2 aliphatic rings. The lowest BCUT2D eigenvalue weighted by Crippen LogP contribution is -2.32. The first-order valence-electron chi connectivity index (χ1n) is 25.4. The van der Waals surface area contributed by atoms with Gasteiger partial charge in [0.05, 0.1) is 60.6 Å². The monoisotopic (exact) mass is 1180 g/mol. The van der Waals surface area contributed by atoms with E-state index in [1.54, 1.807) is 56.7 Å². The summed E-state index contributed by atoms with van der Waals surface area (Å²) in [7, 11) is -15.9. The summed E-state index contributed by atoms with van der Waals surface area (Å²) in [5.74, 6) is -1.46. The Hall–Kier alpha value is -5.26. The van der Waals surface area contributed by atoms with Crippen LogP contribution < -0.4 is 4.90 Å². The Labute approximate surface area is 461 Å². The number of carbonyl (C=O) groups is 1. The van der Waals surface area contributed by atoms with E-state index in [2.05, 4.69) is 0 Å². The van der Waals surface area contributed by atoms with Gasteiger partial charge in [-0.15, -0.1) is 0 Å². The lowest BCUT2D eigenvalue weighted by Gasteiger charge is -2.31. The minimum Gasteiger partial charge on any atom is -0.481 e. The Balaban J connectivity index is 1.41. The number of allylic oxidation sites excluding steroid dienone is 8. The highest BCUT2D eigenvalue weighted by molar-refractivity contribution is 7.87. The van der Waals surface area contributed by atoms with E-state index >= 15 is 0 Å². The molecule has 432 valence electrons. The van der Waals surface area contributed by atoms with E-state index in [9.17, 15) is 61.8 Å². The third-order valence-electron chi connectivity index (χ3n) is 14.0. The molecule has 4 aromatic rings. The molecule has 0 fully saturated rings. The molecule has 2 atom stereocenters. The molecule has 6 rings (SSSR count). The second-order valence-electron chi connectivity index (χ2n) is 19.4. The van der Waals surface area contributed by atoms with Crippen LogP contribution in [0.4, 0.5) is 11.4 Å². The number of anilines is 1. The number of carboxylic acids is 1. The first kappa shape index (κ1) is 62.9. The largest absolute Gasteiger partial charge is 0.481 e. The molecule has 0 aromatic heterocycles. The predicted octanol–water partition coefficient (Wildman–Crippen LogP) is 7.47. The van der Waals surface area contributed by atoms with Crippen molar-refractivity contribution in [3.8, 4) is 0 Å². The average Bonchev–Trinajstić information content (AvgIpc) is 3.29. The molecular formula is C54H69N2O19S4+. The van der Waals surface area contributed by atoms with Gasteiger partial charge in [0.2, 0.25) is 5.69 Å². The summed E-state index contributed by atoms with van der Waals surface area (Å²) >= 11 is 0. The number of rotatable bonds is 32. The molecule has 0 saturated carbocycles. The standard InChI is InChI=1S/C54H68N2O19S4/c1-53(23-13-35-76(59,60)61)48(56(26-28-71-3)45-21-18-39-17-19-40(77(62,63)64)36-43(39)51(45)53)14-9-6-5-7-10-15-49-54(2,24-27-73-31-32-75-34-33-74-30-29-72-4)52-44-37-41(78(65,66)67)38-47(79(68,69)70)42(44)20-22-46(52)55(49)25-12-8-11-16-50(57)58/h5-7,9-10,14-15,17-22,36-38H,8,11-13,16,23-35H2,1-4H3,(H4-,57,58,59,60,61,62,63,64,65,66,67,68,69,70)/p+1. The van der Waals surface area contributed by atoms with Gasteiger partial charge in [-0.1, -0.05) is 48.9 Å². The van der Waals surface area contributed by atoms with Gasteiger partial charge in [-0.25, -0.2) is 0 Å². The van der Waals surface area contributed by atoms with E-state index in [1.165, 1.54) is 24.3 Å². The molecule has 2 heterocycles. The zero-order valence-corrected chi connectivity index (χ0v) is 47.7. The van der Waals surface area contributed by atoms with Crippen LogP contribution in [0.25, 0.3) is 21.5 Å². The second-order valence-corrected chi connectivity index (χ2v) is 25.2. The summed E-state index contributed by atoms with van der Waals surface area (Å²) in [6.07, 6.45) is 14.5. The quantitative estimate of drug-likeness (QED) is 0.0137. The van der Waals surface area contributed by atoms with E-state index in [1.807, 2.05) is 47.6 Å². The summed E-state index contributed by atoms with van der Waals surface area (Å²) in [4.78, 5) is 11.6. The number of ether oxygens (including phenoxy) is 5. The number of hydrogen-bond acceptors (Lipinski definition) is 15. The van der Waals surface area contributed by atoms with Crippen LogP contribution in [0.3, 0.4) is 0 Å². The van der Waals surface area contributed by atoms with Crippen molar-refractivity contribution in [2.45, 2.75) is 84.3 Å². The minimum atomic E-state index is -5.04. The number of methoxy groups -OCH3 is 2. The first-order chi connectivity index (χ1) is 37.3. The Morgan fingerprint density at radius 1 is 0.608 bits per heavy atom. The normalized spacial score (nSPS) is 18.7. The molecule has 4 aromatic carbocycles. The summed E-state index contributed by atoms with van der Waals surface area (Å²) in [6.45, 7) is 6.90. The number of benzene rings is 4. The zero-order valence-electron chi connectivity index (χ0n) is 44.4. The Morgan fingerprint density at radius 3 is 1.86 bits per heavy atom. The highest BCUT2D eigenvalue weighted by atomic mass is 32.2. The van der Waals surface area contributed by atoms with Crippen LogP contribution in [0.1, 0.15) is 69.9 Å². The topological polar surface area (TPSA) is 307 Å². The highest BCUT2D eigenvalue weighted by Crippen LogP contribution is 2.54. The van der Waals surface area contributed by atoms with Crippen LogP contribution in [0.15, 0.2) is 118 Å². The fourth-order valence-electron chi connectivity index (χ4n) is 10.4. The predicted molar refractivity (Wildman–Crippen MR) is 297 cm³/mol. The van der Waals surface area contributed by atoms with Crippen molar-refractivity contribution in [1.29, 1.82) is 0 Å². The van der Waals surface area contributed by atoms with Crippen molar-refractivity contribution in [2.24, 2.45) is 0 Å². The molecule has 2 unspecified atom stereocenters. The highest BCUT2D eigenvalue weighted by Gasteiger charge is 2.49. The van der Waals surface area contributed by atoms with E-state index in [0.717, 1.165) is 5.71 Å². The molecule has 0 radical (unpaired) electrons. The maximum atomic E-state index is 12.9. The molecule has 5 N–H and O–H groups in total. The van der Waals surface area contributed by atoms with Crippen LogP contribution in [0.5, 0.6) is 0 Å². The fraction of sp³-hybridized carbons (Fsp3) is 0.444. The third kappa shape index (κ3) is 15.8. The molecule has 0 amide bonds. The van der Waals surface area contributed by atoms with Crippen molar-refractivity contribution in [2.75, 3.05) is 90.8 Å². The molecule has 25 heteroatoms. The van der Waals surface area contributed by atoms with Crippen LogP contribution in [0.2, 0.25) is 0 Å². The van der Waals surface area contributed by atoms with E-state index in [-0.39, 0.29) is 67.8 Å². The molecule has 2 aliphatic heterocycles. The van der Waals surface area contributed by atoms with Crippen LogP contribution in [-0.2, 0) is 79.8 Å². The van der Waals surface area contributed by atoms with Gasteiger partial charge in [-0.2, -0.15) is 38.2 Å². The smallest absolute Gasteiger partial charge is 0.303 e. The molecule has 0 saturated heterocycles. The molecule has 0 aliphatic carbocycles. The van der Waals surface area contributed by atoms with Gasteiger partial charge in [0.25, 0.3) is 40.5 Å². The fourth-order valence-corrected chi connectivity index (χ4v) is 12.7. The SMILES string of the molecule is COCCOCCOCCOCCC1(C)\C(=C/C=C/C=C/C=C/C2=[N+](CCOC)c3ccc4ccc(S(=O)(=O)O)cc4c3C2(C)CCCS(=O)(=O)O)N(CCCCCC(=O)O)c2ccc3c(S(=O)(=O)O)cc(S(=O)(=O)O)cc3c21. The van der Waals surface area contributed by atoms with E-state index in [4.69, 9.17) is 23.7 Å². The van der Waals surface area contributed by atoms with Gasteiger partial charge in [0.15, 0.2) is 12.3 Å². The van der Waals surface area contributed by atoms with Crippen molar-refractivity contribution < 1.29 is 90.0 Å². The summed E-state index contributed by atoms with van der Waals surface area (Å²) < 4.78 is 170. The van der Waals surface area contributed by atoms with Crippen LogP contribution in [0, 0.1) is 0 Å². The van der Waals surface area contributed by atoms with Crippen molar-refractivity contribution in [1.82, 2.24) is 0 Å². The summed E-state index contributed by atoms with van der Waals surface area (Å²) in [5, 5.41) is 10.7. The lowest BCUT2D eigenvalue weighted by molar-refractivity contribution is -0.441. The number of aliphatic carboxylic acids is 1. The van der Waals surface area contributed by atoms with Gasteiger partial charge in [0.1, 0.15) is 11.5 Å². The van der Waals surface area contributed by atoms with Crippen molar-refractivity contribution in [3.63, 3.8) is 0 Å². The molecule has 21 nitrogen and oxygen atoms in total. The second kappa shape index (κ2) is 27.0. The number of carboxylic acid groups (broad SMARTS) is 1. The van der Waals surface area contributed by atoms with Crippen molar-refractivity contribution in [3.05, 3.63) is 114 Å². The third-order valence-corrected chi connectivity index (χ3v) is 17.4. The van der Waals surface area contributed by atoms with Crippen molar-refractivity contribution >= 4 is 85.1 Å². The molecule has 0 bridgehead atoms. The maximum absolute atomic E-state index is 12.9. The Kier molecular flexibility index (Phi) is 21.5. The van der Waals surface area contributed by atoms with Gasteiger partial charge >= 0.3 is 5.97 Å². The number of fused-ring (bicyclic) bond motifs is 6. The molecular weight excluding hydrogens is 1110 g/mol. The Bertz CT molecular complexity index is 3500. The van der Waals surface area contributed by atoms with Gasteiger partial charge < -0.3 is 33.7 Å². The number of unbranched alkanes of at least 4 members (excludes halogenated alkanes) is 2. The molecule has 79 heavy (non-hydrogen) atoms. The lowest BCUT2D eigenvalue weighted by atomic mass is 9.74. The van der Waals surface area contributed by atoms with Gasteiger partial charge in [-0.3, -0.25) is 23.0 Å². The number of nitrogens with zero attached hydrogens (tertiary/aromatic N) is 2. The van der Waals surface area contributed by atoms with Crippen LogP contribution in [-0.4, -0.2) is 159 Å². The van der Waals surface area contributed by atoms with E-state index in [0.29, 0.717) is 104 Å². The minimum absolute atomic E-state index is 0.00409. The first-order valence-corrected chi connectivity index (χ1v) is 31.3. The average molecular weight is 1180 g/mol. The van der Waals surface area contributed by atoms with Gasteiger partial charge in [-0.05, 0) is 110 Å². The van der Waals surface area contributed by atoms with Gasteiger partial charge in [0, 0.05) is 73.7 Å². The summed E-state index contributed by atoms with van der Waals surface area (Å²) in [5.41, 5.74) is 1.85. The summed E-state index contributed by atoms with van der Waals surface area (Å²) in [6, 6.07) is 13.0. The zero-order chi connectivity index (χ0) is 57.8. The van der Waals surface area contributed by atoms with Crippen LogP contribution >= 0.6 is 0 Å². The Morgan fingerprint density at radius 2 is 1.23 bits per heavy atom. The molecule has 0 spiro atoms. The maximum Gasteiger partial charge on any atom is 0.303 e. The number of hydrogen-bond donors (Lipinski definition) is 5.